The maximum absolute atomic E-state index is 14.0. The Morgan fingerprint density at radius 1 is 1.32 bits per heavy atom. The minimum Gasteiger partial charge on any atom is -0.389 e. The molecule has 154 valence electrons. The van der Waals surface area contributed by atoms with Crippen LogP contribution in [0.2, 0.25) is 0 Å². The number of anilines is 1. The smallest absolute Gasteiger partial charge is 0.389 e. The molecule has 2 unspecified atom stereocenters. The molecule has 1 saturated heterocycles. The lowest BCUT2D eigenvalue weighted by Gasteiger charge is -2.27. The van der Waals surface area contributed by atoms with Crippen molar-refractivity contribution in [3.8, 4) is 11.3 Å². The van der Waals surface area contributed by atoms with E-state index in [-0.39, 0.29) is 30.3 Å². The number of alkyl halides is 4. The normalized spacial score (nSPS) is 21.0. The first-order valence-electron chi connectivity index (χ1n) is 8.84. The Labute approximate surface area is 159 Å². The molecule has 1 fully saturated rings. The van der Waals surface area contributed by atoms with Crippen molar-refractivity contribution in [2.45, 2.75) is 50.8 Å². The zero-order valence-electron chi connectivity index (χ0n) is 15.5. The molecule has 0 bridgehead atoms. The fourth-order valence-electron chi connectivity index (χ4n) is 3.00. The van der Waals surface area contributed by atoms with Crippen LogP contribution in [0.5, 0.6) is 0 Å². The van der Waals surface area contributed by atoms with Crippen LogP contribution in [0.3, 0.4) is 0 Å². The van der Waals surface area contributed by atoms with Gasteiger partial charge >= 0.3 is 6.18 Å². The second-order valence-electron chi connectivity index (χ2n) is 7.45. The molecule has 1 aliphatic rings. The van der Waals surface area contributed by atoms with Crippen molar-refractivity contribution in [1.82, 2.24) is 25.1 Å². The number of aliphatic hydroxyl groups is 1. The van der Waals surface area contributed by atoms with Crippen LogP contribution in [0.15, 0.2) is 18.6 Å². The molecule has 3 N–H and O–H groups in total. The topological polar surface area (TPSA) is 87.9 Å². The van der Waals surface area contributed by atoms with Gasteiger partial charge in [-0.1, -0.05) is 0 Å². The lowest BCUT2D eigenvalue weighted by molar-refractivity contribution is -0.137. The van der Waals surface area contributed by atoms with Crippen LogP contribution in [-0.4, -0.2) is 55.8 Å². The molecule has 0 aliphatic carbocycles. The summed E-state index contributed by atoms with van der Waals surface area (Å²) in [6.07, 6.45) is -2.09. The molecular formula is C17H22F4N6O. The van der Waals surface area contributed by atoms with Crippen molar-refractivity contribution < 1.29 is 22.7 Å². The maximum Gasteiger partial charge on any atom is 0.419 e. The summed E-state index contributed by atoms with van der Waals surface area (Å²) in [4.78, 5) is 7.73. The van der Waals surface area contributed by atoms with E-state index in [2.05, 4.69) is 25.7 Å². The third-order valence-electron chi connectivity index (χ3n) is 4.27. The minimum absolute atomic E-state index is 0.0761. The quantitative estimate of drug-likeness (QED) is 0.665. The molecule has 11 heteroatoms. The third kappa shape index (κ3) is 4.96. The van der Waals surface area contributed by atoms with Gasteiger partial charge in [0, 0.05) is 24.5 Å². The van der Waals surface area contributed by atoms with Crippen molar-refractivity contribution in [3.63, 3.8) is 0 Å². The van der Waals surface area contributed by atoms with E-state index in [9.17, 15) is 22.7 Å². The van der Waals surface area contributed by atoms with Gasteiger partial charge in [-0.05, 0) is 26.8 Å². The first-order valence-corrected chi connectivity index (χ1v) is 8.84. The number of rotatable bonds is 5. The highest BCUT2D eigenvalue weighted by molar-refractivity contribution is 5.63. The van der Waals surface area contributed by atoms with Crippen LogP contribution < -0.4 is 10.6 Å². The van der Waals surface area contributed by atoms with Crippen molar-refractivity contribution in [3.05, 3.63) is 24.2 Å². The maximum atomic E-state index is 14.0. The van der Waals surface area contributed by atoms with E-state index in [0.29, 0.717) is 19.2 Å². The number of halogens is 4. The largest absolute Gasteiger partial charge is 0.419 e. The Kier molecular flexibility index (Phi) is 5.57. The van der Waals surface area contributed by atoms with Crippen LogP contribution in [-0.2, 0) is 12.7 Å². The average Bonchev–Trinajstić information content (AvgIpc) is 3.02. The van der Waals surface area contributed by atoms with Crippen LogP contribution in [0, 0.1) is 0 Å². The van der Waals surface area contributed by atoms with Crippen molar-refractivity contribution in [2.75, 3.05) is 18.4 Å². The molecule has 2 aromatic rings. The fourth-order valence-corrected chi connectivity index (χ4v) is 3.00. The third-order valence-corrected chi connectivity index (χ3v) is 4.27. The van der Waals surface area contributed by atoms with Crippen LogP contribution in [0.4, 0.5) is 23.5 Å². The minimum atomic E-state index is -4.66. The zero-order valence-corrected chi connectivity index (χ0v) is 15.5. The fraction of sp³-hybridized carbons (Fsp3) is 0.588. The molecule has 28 heavy (non-hydrogen) atoms. The average molecular weight is 402 g/mol. The number of piperidine rings is 1. The van der Waals surface area contributed by atoms with Crippen molar-refractivity contribution >= 4 is 5.95 Å². The summed E-state index contributed by atoms with van der Waals surface area (Å²) in [6, 6.07) is -0.580. The SMILES string of the molecule is CC(C)(O)Cn1cc(-c2nc(NC3CCNCC3F)ncc2C(F)(F)F)cn1. The Bertz CT molecular complexity index is 817. The van der Waals surface area contributed by atoms with Crippen LogP contribution in [0.25, 0.3) is 11.3 Å². The van der Waals surface area contributed by atoms with Crippen LogP contribution >= 0.6 is 0 Å². The molecule has 0 radical (unpaired) electrons. The second-order valence-corrected chi connectivity index (χ2v) is 7.45. The molecule has 3 heterocycles. The summed E-state index contributed by atoms with van der Waals surface area (Å²) >= 11 is 0. The van der Waals surface area contributed by atoms with Gasteiger partial charge in [0.05, 0.1) is 30.1 Å². The lowest BCUT2D eigenvalue weighted by Crippen LogP contribution is -2.45. The Morgan fingerprint density at radius 3 is 2.71 bits per heavy atom. The van der Waals surface area contributed by atoms with Gasteiger partial charge < -0.3 is 15.7 Å². The standard InChI is InChI=1S/C17H22F4N6O/c1-16(2,28)9-27-8-10(5-24-27)14-11(17(19,20)21)6-23-15(26-14)25-13-3-4-22-7-12(13)18/h5-6,8,12-13,22,28H,3-4,7,9H2,1-2H3,(H,23,25,26). The van der Waals surface area contributed by atoms with E-state index in [1.165, 1.54) is 17.1 Å². The summed E-state index contributed by atoms with van der Waals surface area (Å²) in [5.41, 5.74) is -2.32. The van der Waals surface area contributed by atoms with Crippen molar-refractivity contribution in [2.24, 2.45) is 0 Å². The van der Waals surface area contributed by atoms with E-state index in [1.54, 1.807) is 13.8 Å². The van der Waals surface area contributed by atoms with E-state index in [1.807, 2.05) is 0 Å². The molecule has 0 amide bonds. The molecule has 0 aromatic carbocycles. The number of hydrogen-bond donors (Lipinski definition) is 3. The van der Waals surface area contributed by atoms with Crippen LogP contribution in [0.1, 0.15) is 25.8 Å². The van der Waals surface area contributed by atoms with Crippen molar-refractivity contribution in [1.29, 1.82) is 0 Å². The Hall–Kier alpha value is -2.27. The summed E-state index contributed by atoms with van der Waals surface area (Å²) in [6.45, 7) is 3.98. The van der Waals surface area contributed by atoms with E-state index in [0.717, 1.165) is 0 Å². The van der Waals surface area contributed by atoms with E-state index < -0.39 is 29.6 Å². The zero-order chi connectivity index (χ0) is 20.5. The van der Waals surface area contributed by atoms with Gasteiger partial charge in [0.25, 0.3) is 0 Å². The van der Waals surface area contributed by atoms with Gasteiger partial charge in [0.1, 0.15) is 11.7 Å². The van der Waals surface area contributed by atoms with E-state index in [4.69, 9.17) is 0 Å². The molecule has 0 saturated carbocycles. The highest BCUT2D eigenvalue weighted by atomic mass is 19.4. The van der Waals surface area contributed by atoms with Gasteiger partial charge in [-0.2, -0.15) is 18.3 Å². The first-order chi connectivity index (χ1) is 13.0. The highest BCUT2D eigenvalue weighted by Gasteiger charge is 2.36. The number of hydrogen-bond acceptors (Lipinski definition) is 6. The lowest BCUT2D eigenvalue weighted by atomic mass is 10.1. The predicted molar refractivity (Wildman–Crippen MR) is 94.3 cm³/mol. The molecule has 2 aromatic heterocycles. The molecule has 7 nitrogen and oxygen atoms in total. The molecule has 0 spiro atoms. The summed E-state index contributed by atoms with van der Waals surface area (Å²) in [7, 11) is 0. The second kappa shape index (κ2) is 7.63. The van der Waals surface area contributed by atoms with Gasteiger partial charge in [-0.25, -0.2) is 14.4 Å². The Balaban J connectivity index is 1.93. The summed E-state index contributed by atoms with van der Waals surface area (Å²) in [5, 5.41) is 19.6. The Morgan fingerprint density at radius 2 is 2.07 bits per heavy atom. The molecule has 1 aliphatic heterocycles. The number of aromatic nitrogens is 4. The molecular weight excluding hydrogens is 380 g/mol. The van der Waals surface area contributed by atoms with Gasteiger partial charge in [0.2, 0.25) is 5.95 Å². The number of nitrogens with zero attached hydrogens (tertiary/aromatic N) is 4. The van der Waals surface area contributed by atoms with Gasteiger partial charge in [0.15, 0.2) is 0 Å². The summed E-state index contributed by atoms with van der Waals surface area (Å²) < 4.78 is 55.6. The molecule has 3 rings (SSSR count). The number of nitrogens with one attached hydrogen (secondary N) is 2. The monoisotopic (exact) mass is 402 g/mol. The summed E-state index contributed by atoms with van der Waals surface area (Å²) in [5.74, 6) is -0.0761. The van der Waals surface area contributed by atoms with Gasteiger partial charge in [-0.3, -0.25) is 4.68 Å². The predicted octanol–water partition coefficient (Wildman–Crippen LogP) is 2.24. The molecule has 2 atom stereocenters. The van der Waals surface area contributed by atoms with E-state index >= 15 is 0 Å². The highest BCUT2D eigenvalue weighted by Crippen LogP contribution is 2.36. The first kappa shape index (κ1) is 20.5. The van der Waals surface area contributed by atoms with Gasteiger partial charge in [-0.15, -0.1) is 0 Å².